The summed E-state index contributed by atoms with van der Waals surface area (Å²) in [4.78, 5) is 9.04. The summed E-state index contributed by atoms with van der Waals surface area (Å²) in [5.41, 5.74) is 9.99. The number of hydrogen-bond acceptors (Lipinski definition) is 3. The highest BCUT2D eigenvalue weighted by molar-refractivity contribution is 6.08. The zero-order valence-electron chi connectivity index (χ0n) is 22.1. The molecule has 0 aliphatic heterocycles. The molecule has 0 spiro atoms. The van der Waals surface area contributed by atoms with Gasteiger partial charge in [-0.05, 0) is 84.6 Å². The number of hydrogen-bond donors (Lipinski definition) is 0. The summed E-state index contributed by atoms with van der Waals surface area (Å²) >= 11 is 0. The van der Waals surface area contributed by atoms with Crippen molar-refractivity contribution in [2.24, 2.45) is 4.99 Å². The molecule has 0 saturated heterocycles. The second-order valence-corrected chi connectivity index (χ2v) is 10.4. The van der Waals surface area contributed by atoms with E-state index in [1.165, 1.54) is 42.4 Å². The van der Waals surface area contributed by atoms with Crippen LogP contribution in [-0.4, -0.2) is 18.2 Å². The smallest absolute Gasteiger partial charge is 0.227 e. The minimum atomic E-state index is 0.360. The predicted molar refractivity (Wildman–Crippen MR) is 154 cm³/mol. The lowest BCUT2D eigenvalue weighted by Crippen LogP contribution is -1.93. The highest BCUT2D eigenvalue weighted by atomic mass is 16.3. The molecule has 36 heavy (non-hydrogen) atoms. The molecule has 1 saturated carbocycles. The maximum atomic E-state index is 6.42. The molecule has 2 aromatic heterocycles. The summed E-state index contributed by atoms with van der Waals surface area (Å²) in [5.74, 6) is 1.08. The summed E-state index contributed by atoms with van der Waals surface area (Å²) in [6.07, 6.45) is 11.6. The summed E-state index contributed by atoms with van der Waals surface area (Å²) in [5, 5.41) is 2.18. The van der Waals surface area contributed by atoms with Crippen LogP contribution < -0.4 is 0 Å². The van der Waals surface area contributed by atoms with Gasteiger partial charge in [0.05, 0.1) is 0 Å². The molecule has 0 N–H and O–H groups in total. The number of allylic oxidation sites excluding steroid dienone is 4. The molecular formula is C33H36N2O. The third kappa shape index (κ3) is 4.67. The monoisotopic (exact) mass is 476 g/mol. The molecule has 1 aliphatic rings. The van der Waals surface area contributed by atoms with Crippen LogP contribution in [0, 0.1) is 6.92 Å². The zero-order valence-corrected chi connectivity index (χ0v) is 22.1. The summed E-state index contributed by atoms with van der Waals surface area (Å²) < 4.78 is 6.42. The molecule has 0 atom stereocenters. The minimum absolute atomic E-state index is 0.360. The van der Waals surface area contributed by atoms with Crippen LogP contribution in [-0.2, 0) is 0 Å². The second-order valence-electron chi connectivity index (χ2n) is 10.4. The number of rotatable bonds is 6. The van der Waals surface area contributed by atoms with Crippen molar-refractivity contribution in [1.29, 1.82) is 0 Å². The number of fused-ring (bicyclic) bond motifs is 3. The molecule has 1 fully saturated rings. The molecule has 0 radical (unpaired) electrons. The Balaban J connectivity index is 1.58. The molecule has 4 aromatic rings. The molecule has 5 rings (SSSR count). The van der Waals surface area contributed by atoms with E-state index in [1.54, 1.807) is 0 Å². The van der Waals surface area contributed by atoms with Crippen molar-refractivity contribution in [1.82, 2.24) is 4.98 Å². The second kappa shape index (κ2) is 10.3. The summed E-state index contributed by atoms with van der Waals surface area (Å²) in [7, 11) is 1.81. The molecule has 3 heteroatoms. The Hall–Kier alpha value is -3.46. The van der Waals surface area contributed by atoms with Crippen molar-refractivity contribution in [3.63, 3.8) is 0 Å². The van der Waals surface area contributed by atoms with Gasteiger partial charge in [-0.25, -0.2) is 4.98 Å². The maximum absolute atomic E-state index is 6.42. The Morgan fingerprint density at radius 3 is 2.42 bits per heavy atom. The summed E-state index contributed by atoms with van der Waals surface area (Å²) in [6, 6.07) is 17.8. The average molecular weight is 477 g/mol. The van der Waals surface area contributed by atoms with E-state index < -0.39 is 0 Å². The lowest BCUT2D eigenvalue weighted by molar-refractivity contribution is 0.646. The van der Waals surface area contributed by atoms with Crippen LogP contribution in [0.4, 0.5) is 0 Å². The van der Waals surface area contributed by atoms with Gasteiger partial charge in [-0.3, -0.25) is 4.99 Å². The third-order valence-electron chi connectivity index (χ3n) is 7.57. The lowest BCUT2D eigenvalue weighted by atomic mass is 9.93. The lowest BCUT2D eigenvalue weighted by Gasteiger charge is -2.12. The Morgan fingerprint density at radius 2 is 1.72 bits per heavy atom. The van der Waals surface area contributed by atoms with E-state index >= 15 is 0 Å². The van der Waals surface area contributed by atoms with E-state index in [-0.39, 0.29) is 0 Å². The number of benzene rings is 2. The van der Waals surface area contributed by atoms with Gasteiger partial charge in [-0.2, -0.15) is 0 Å². The number of pyridine rings is 1. The third-order valence-corrected chi connectivity index (χ3v) is 7.57. The number of nitrogens with zero attached hydrogens (tertiary/aromatic N) is 2. The van der Waals surface area contributed by atoms with Crippen LogP contribution in [0.3, 0.4) is 0 Å². The largest absolute Gasteiger partial charge is 0.437 e. The number of aryl methyl sites for hydroxylation is 1. The first kappa shape index (κ1) is 24.2. The van der Waals surface area contributed by atoms with Crippen molar-refractivity contribution in [2.75, 3.05) is 7.05 Å². The molecule has 1 aliphatic carbocycles. The van der Waals surface area contributed by atoms with Crippen LogP contribution in [0.1, 0.15) is 86.2 Å². The van der Waals surface area contributed by atoms with Gasteiger partial charge in [0.25, 0.3) is 0 Å². The number of furan rings is 1. The number of aromatic nitrogens is 1. The van der Waals surface area contributed by atoms with Crippen molar-refractivity contribution >= 4 is 39.4 Å². The fourth-order valence-corrected chi connectivity index (χ4v) is 5.54. The van der Waals surface area contributed by atoms with E-state index in [0.717, 1.165) is 44.7 Å². The molecule has 184 valence electrons. The van der Waals surface area contributed by atoms with E-state index in [1.807, 2.05) is 13.3 Å². The highest BCUT2D eigenvalue weighted by Crippen LogP contribution is 2.37. The summed E-state index contributed by atoms with van der Waals surface area (Å²) in [6.45, 7) is 8.64. The first-order valence-electron chi connectivity index (χ1n) is 13.2. The van der Waals surface area contributed by atoms with Gasteiger partial charge in [0, 0.05) is 35.3 Å². The molecule has 2 aromatic carbocycles. The van der Waals surface area contributed by atoms with Gasteiger partial charge < -0.3 is 4.42 Å². The topological polar surface area (TPSA) is 38.4 Å². The molecule has 0 amide bonds. The van der Waals surface area contributed by atoms with Gasteiger partial charge in [-0.1, -0.05) is 69.2 Å². The van der Waals surface area contributed by atoms with Gasteiger partial charge in [0.15, 0.2) is 0 Å². The zero-order chi connectivity index (χ0) is 25.2. The van der Waals surface area contributed by atoms with Crippen LogP contribution >= 0.6 is 0 Å². The van der Waals surface area contributed by atoms with Crippen molar-refractivity contribution in [3.05, 3.63) is 88.6 Å². The fourth-order valence-electron chi connectivity index (χ4n) is 5.54. The molecule has 2 heterocycles. The quantitative estimate of drug-likeness (QED) is 0.205. The van der Waals surface area contributed by atoms with Gasteiger partial charge in [-0.15, -0.1) is 0 Å². The van der Waals surface area contributed by atoms with Crippen LogP contribution in [0.25, 0.3) is 33.2 Å². The first-order chi connectivity index (χ1) is 17.5. The fraction of sp³-hybridized carbons (Fsp3) is 0.333. The maximum Gasteiger partial charge on any atom is 0.227 e. The Kier molecular flexibility index (Phi) is 6.91. The van der Waals surface area contributed by atoms with E-state index in [9.17, 15) is 0 Å². The van der Waals surface area contributed by atoms with E-state index in [0.29, 0.717) is 11.6 Å². The normalized spacial score (nSPS) is 15.8. The van der Waals surface area contributed by atoms with E-state index in [2.05, 4.69) is 93.4 Å². The van der Waals surface area contributed by atoms with Gasteiger partial charge >= 0.3 is 0 Å². The standard InChI is InChI=1S/C33H36N2O/c1-21(2)30-17-16-29-28-15-10-22(3)31(32(28)36-33(29)35-30)23(4)20-27(18-19-34-5)26-13-11-25(12-14-26)24-8-6-7-9-24/h10-21,24H,6-9H2,1-5H3/b23-20+,27-18+,34-19?. The minimum Gasteiger partial charge on any atom is -0.437 e. The van der Waals surface area contributed by atoms with Crippen molar-refractivity contribution in [3.8, 4) is 0 Å². The Labute approximate surface area is 214 Å². The Bertz CT molecular complexity index is 1480. The van der Waals surface area contributed by atoms with Crippen molar-refractivity contribution in [2.45, 2.75) is 65.2 Å². The molecule has 0 bridgehead atoms. The molecule has 0 unspecified atom stereocenters. The van der Waals surface area contributed by atoms with Crippen LogP contribution in [0.15, 0.2) is 70.1 Å². The van der Waals surface area contributed by atoms with Crippen LogP contribution in [0.2, 0.25) is 0 Å². The predicted octanol–water partition coefficient (Wildman–Crippen LogP) is 9.26. The van der Waals surface area contributed by atoms with Gasteiger partial charge in [0.1, 0.15) is 5.58 Å². The molecular weight excluding hydrogens is 440 g/mol. The average Bonchev–Trinajstić information content (AvgIpc) is 3.54. The van der Waals surface area contributed by atoms with Crippen molar-refractivity contribution < 1.29 is 4.42 Å². The van der Waals surface area contributed by atoms with Gasteiger partial charge in [0.2, 0.25) is 5.71 Å². The Morgan fingerprint density at radius 1 is 1.00 bits per heavy atom. The first-order valence-corrected chi connectivity index (χ1v) is 13.2. The highest BCUT2D eigenvalue weighted by Gasteiger charge is 2.18. The number of aliphatic imine (C=N–C) groups is 1. The van der Waals surface area contributed by atoms with E-state index in [4.69, 9.17) is 9.40 Å². The SMILES string of the molecule is CN=C/C=C(\C=C(/C)c1c(C)ccc2c1oc1nc(C(C)C)ccc12)c1ccc(C2CCCC2)cc1. The van der Waals surface area contributed by atoms with Crippen LogP contribution in [0.5, 0.6) is 0 Å². The molecule has 3 nitrogen and oxygen atoms in total.